The Morgan fingerprint density at radius 3 is 3.11 bits per heavy atom. The third-order valence-electron chi connectivity index (χ3n) is 4.16. The number of alkyl halides is 1. The number of hydrogen-bond acceptors (Lipinski definition) is 2. The Balaban J connectivity index is 2.25. The van der Waals surface area contributed by atoms with Crippen molar-refractivity contribution in [3.05, 3.63) is 57.0 Å². The summed E-state index contributed by atoms with van der Waals surface area (Å²) < 4.78 is 12.8. The normalized spacial score (nSPS) is 31.0. The van der Waals surface area contributed by atoms with Gasteiger partial charge in [-0.2, -0.15) is 0 Å². The molecule has 2 bridgehead atoms. The Hall–Kier alpha value is -1.68. The number of nitrogens with two attached hydrogens (primary N) is 1. The number of allylic oxidation sites excluding steroid dienone is 2. The van der Waals surface area contributed by atoms with Crippen molar-refractivity contribution in [1.82, 2.24) is 4.98 Å². The Kier molecular flexibility index (Phi) is 2.71. The van der Waals surface area contributed by atoms with Gasteiger partial charge in [-0.25, -0.2) is 4.39 Å². The van der Waals surface area contributed by atoms with Crippen molar-refractivity contribution in [1.29, 1.82) is 0 Å². The number of nitrogens with one attached hydrogen (secondary N) is 1. The molecule has 1 aromatic rings. The van der Waals surface area contributed by atoms with Gasteiger partial charge in [0.05, 0.1) is 5.54 Å². The van der Waals surface area contributed by atoms with Gasteiger partial charge in [0.2, 0.25) is 5.56 Å². The lowest BCUT2D eigenvalue weighted by Gasteiger charge is -2.45. The first kappa shape index (κ1) is 12.4. The molecule has 2 aliphatic rings. The second-order valence-corrected chi connectivity index (χ2v) is 5.50. The molecule has 2 atom stereocenters. The Morgan fingerprint density at radius 1 is 1.58 bits per heavy atom. The van der Waals surface area contributed by atoms with Crippen molar-refractivity contribution in [2.45, 2.75) is 25.3 Å². The van der Waals surface area contributed by atoms with E-state index in [1.165, 1.54) is 11.6 Å². The second-order valence-electron chi connectivity index (χ2n) is 5.50. The maximum absolute atomic E-state index is 12.8. The van der Waals surface area contributed by atoms with Gasteiger partial charge in [-0.05, 0) is 37.0 Å². The fourth-order valence-electron chi connectivity index (χ4n) is 3.52. The third-order valence-corrected chi connectivity index (χ3v) is 4.16. The summed E-state index contributed by atoms with van der Waals surface area (Å²) >= 11 is 0. The van der Waals surface area contributed by atoms with E-state index in [0.717, 1.165) is 16.8 Å². The molecule has 0 radical (unpaired) electrons. The fraction of sp³-hybridized carbons (Fsp3) is 0.400. The summed E-state index contributed by atoms with van der Waals surface area (Å²) in [6, 6.07) is 3.28. The highest BCUT2D eigenvalue weighted by Gasteiger charge is 2.43. The van der Waals surface area contributed by atoms with Crippen LogP contribution >= 0.6 is 0 Å². The van der Waals surface area contributed by atoms with Crippen LogP contribution in [0.25, 0.3) is 0 Å². The number of aromatic nitrogens is 1. The Morgan fingerprint density at radius 2 is 2.37 bits per heavy atom. The van der Waals surface area contributed by atoms with Gasteiger partial charge in [-0.1, -0.05) is 17.7 Å². The van der Waals surface area contributed by atoms with Gasteiger partial charge in [0.25, 0.3) is 0 Å². The molecule has 4 heteroatoms. The van der Waals surface area contributed by atoms with E-state index in [0.29, 0.717) is 12.8 Å². The van der Waals surface area contributed by atoms with Crippen molar-refractivity contribution in [3.63, 3.8) is 0 Å². The molecule has 0 fully saturated rings. The predicted molar refractivity (Wildman–Crippen MR) is 72.6 cm³/mol. The van der Waals surface area contributed by atoms with Crippen LogP contribution in [0.4, 0.5) is 4.39 Å². The van der Waals surface area contributed by atoms with Crippen LogP contribution in [0.3, 0.4) is 0 Å². The molecule has 0 aromatic carbocycles. The quantitative estimate of drug-likeness (QED) is 0.758. The summed E-state index contributed by atoms with van der Waals surface area (Å²) in [7, 11) is 0. The molecule has 3 N–H and O–H groups in total. The zero-order chi connectivity index (χ0) is 13.6. The molecule has 0 aliphatic heterocycles. The minimum Gasteiger partial charge on any atom is -0.326 e. The highest BCUT2D eigenvalue weighted by Crippen LogP contribution is 2.47. The summed E-state index contributed by atoms with van der Waals surface area (Å²) in [5.41, 5.74) is 9.78. The van der Waals surface area contributed by atoms with Gasteiger partial charge in [0, 0.05) is 17.7 Å². The smallest absolute Gasteiger partial charge is 0.248 e. The largest absolute Gasteiger partial charge is 0.326 e. The molecule has 1 heterocycles. The van der Waals surface area contributed by atoms with Gasteiger partial charge >= 0.3 is 0 Å². The van der Waals surface area contributed by atoms with E-state index >= 15 is 0 Å². The van der Waals surface area contributed by atoms with Gasteiger partial charge in [-0.15, -0.1) is 0 Å². The van der Waals surface area contributed by atoms with Crippen molar-refractivity contribution in [2.75, 3.05) is 6.67 Å². The van der Waals surface area contributed by atoms with Gasteiger partial charge < -0.3 is 10.7 Å². The number of pyridine rings is 1. The van der Waals surface area contributed by atoms with Crippen LogP contribution in [0.5, 0.6) is 0 Å². The standard InChI is InChI=1S/C15H17FN2O/c1-9-6-10-7-13-12(2-3-14(19)18-13)15(17,8-9)11(10)4-5-16/h2-4,6,10H,5,7-8,17H2,1H3,(H,18,19)/b11-4+. The van der Waals surface area contributed by atoms with Crippen LogP contribution in [-0.4, -0.2) is 11.7 Å². The molecule has 2 aliphatic carbocycles. The van der Waals surface area contributed by atoms with E-state index < -0.39 is 12.2 Å². The van der Waals surface area contributed by atoms with Crippen LogP contribution in [-0.2, 0) is 12.0 Å². The topological polar surface area (TPSA) is 58.9 Å². The van der Waals surface area contributed by atoms with Gasteiger partial charge in [-0.3, -0.25) is 4.79 Å². The van der Waals surface area contributed by atoms with Crippen LogP contribution in [0.1, 0.15) is 24.6 Å². The molecule has 0 saturated carbocycles. The first-order chi connectivity index (χ1) is 9.04. The molecule has 2 unspecified atom stereocenters. The van der Waals surface area contributed by atoms with E-state index in [1.807, 2.05) is 0 Å². The monoisotopic (exact) mass is 260 g/mol. The number of hydrogen-bond donors (Lipinski definition) is 2. The maximum atomic E-state index is 12.8. The number of aromatic amines is 1. The van der Waals surface area contributed by atoms with E-state index in [9.17, 15) is 9.18 Å². The van der Waals surface area contributed by atoms with Crippen molar-refractivity contribution in [2.24, 2.45) is 11.7 Å². The summed E-state index contributed by atoms with van der Waals surface area (Å²) in [6.07, 6.45) is 5.10. The van der Waals surface area contributed by atoms with Crippen molar-refractivity contribution in [3.8, 4) is 0 Å². The molecular formula is C15H17FN2O. The van der Waals surface area contributed by atoms with E-state index in [1.54, 1.807) is 12.1 Å². The summed E-state index contributed by atoms with van der Waals surface area (Å²) in [5.74, 6) is 0.0973. The Bertz CT molecular complexity index is 644. The molecule has 0 spiro atoms. The summed E-state index contributed by atoms with van der Waals surface area (Å²) in [5, 5.41) is 0. The van der Waals surface area contributed by atoms with E-state index in [2.05, 4.69) is 18.0 Å². The first-order valence-corrected chi connectivity index (χ1v) is 6.50. The second kappa shape index (κ2) is 4.17. The lowest BCUT2D eigenvalue weighted by Crippen LogP contribution is -2.48. The zero-order valence-corrected chi connectivity index (χ0v) is 10.9. The molecule has 1 aromatic heterocycles. The van der Waals surface area contributed by atoms with Crippen LogP contribution in [0, 0.1) is 5.92 Å². The van der Waals surface area contributed by atoms with Crippen LogP contribution in [0.15, 0.2) is 40.2 Å². The number of H-pyrrole nitrogens is 1. The minimum absolute atomic E-state index is 0.0973. The third kappa shape index (κ3) is 1.78. The number of rotatable bonds is 1. The molecule has 3 nitrogen and oxygen atoms in total. The lowest BCUT2D eigenvalue weighted by molar-refractivity contribution is 0.403. The average molecular weight is 260 g/mol. The molecule has 0 amide bonds. The Labute approximate surface area is 111 Å². The van der Waals surface area contributed by atoms with Crippen LogP contribution in [0.2, 0.25) is 0 Å². The number of halogens is 1. The van der Waals surface area contributed by atoms with Crippen molar-refractivity contribution < 1.29 is 4.39 Å². The minimum atomic E-state index is -0.673. The summed E-state index contributed by atoms with van der Waals surface area (Å²) in [6.45, 7) is 1.55. The van der Waals surface area contributed by atoms with Crippen molar-refractivity contribution >= 4 is 0 Å². The zero-order valence-electron chi connectivity index (χ0n) is 10.9. The molecular weight excluding hydrogens is 243 g/mol. The molecule has 3 rings (SSSR count). The first-order valence-electron chi connectivity index (χ1n) is 6.50. The maximum Gasteiger partial charge on any atom is 0.248 e. The van der Waals surface area contributed by atoms with E-state index in [-0.39, 0.29) is 11.5 Å². The highest BCUT2D eigenvalue weighted by molar-refractivity contribution is 5.49. The lowest BCUT2D eigenvalue weighted by atomic mass is 9.63. The highest BCUT2D eigenvalue weighted by atomic mass is 19.1. The molecule has 19 heavy (non-hydrogen) atoms. The molecule has 0 saturated heterocycles. The molecule has 100 valence electrons. The van der Waals surface area contributed by atoms with Crippen LogP contribution < -0.4 is 11.3 Å². The van der Waals surface area contributed by atoms with E-state index in [4.69, 9.17) is 5.73 Å². The van der Waals surface area contributed by atoms with Gasteiger partial charge in [0.15, 0.2) is 0 Å². The predicted octanol–water partition coefficient (Wildman–Crippen LogP) is 1.95. The SMILES string of the molecule is CC1=CC2Cc3[nH]c(=O)ccc3C(N)(C1)/C2=C/CF. The summed E-state index contributed by atoms with van der Waals surface area (Å²) in [4.78, 5) is 14.3. The van der Waals surface area contributed by atoms with Gasteiger partial charge in [0.1, 0.15) is 6.67 Å². The average Bonchev–Trinajstić information content (AvgIpc) is 2.32. The number of fused-ring (bicyclic) bond motifs is 4. The fourth-order valence-corrected chi connectivity index (χ4v) is 3.52.